The predicted molar refractivity (Wildman–Crippen MR) is 103 cm³/mol. The highest BCUT2D eigenvalue weighted by molar-refractivity contribution is 8.18. The SMILES string of the molecule is CCOc1ccc(NC(=O)CN2C(=O)S/C(=C/c3ccncc3)C2=O)cc1. The highest BCUT2D eigenvalue weighted by Gasteiger charge is 2.36. The van der Waals surface area contributed by atoms with Gasteiger partial charge < -0.3 is 10.1 Å². The number of benzene rings is 1. The van der Waals surface area contributed by atoms with E-state index in [4.69, 9.17) is 4.74 Å². The lowest BCUT2D eigenvalue weighted by molar-refractivity contribution is -0.127. The van der Waals surface area contributed by atoms with Gasteiger partial charge in [0.2, 0.25) is 5.91 Å². The summed E-state index contributed by atoms with van der Waals surface area (Å²) in [5.41, 5.74) is 1.32. The number of nitrogens with one attached hydrogen (secondary N) is 1. The quantitative estimate of drug-likeness (QED) is 0.771. The third-order valence-corrected chi connectivity index (χ3v) is 4.54. The Labute approximate surface area is 160 Å². The Morgan fingerprint density at radius 2 is 1.89 bits per heavy atom. The van der Waals surface area contributed by atoms with Gasteiger partial charge in [0.1, 0.15) is 12.3 Å². The number of hydrogen-bond acceptors (Lipinski definition) is 6. The molecule has 0 radical (unpaired) electrons. The molecule has 1 aromatic heterocycles. The molecule has 0 unspecified atom stereocenters. The van der Waals surface area contributed by atoms with Crippen LogP contribution in [0.4, 0.5) is 10.5 Å². The molecule has 0 bridgehead atoms. The zero-order valence-corrected chi connectivity index (χ0v) is 15.4. The van der Waals surface area contributed by atoms with Crippen molar-refractivity contribution in [3.8, 4) is 5.75 Å². The van der Waals surface area contributed by atoms with Gasteiger partial charge in [-0.2, -0.15) is 0 Å². The van der Waals surface area contributed by atoms with Crippen molar-refractivity contribution in [1.82, 2.24) is 9.88 Å². The van der Waals surface area contributed by atoms with Gasteiger partial charge in [0.15, 0.2) is 0 Å². The molecule has 3 rings (SSSR count). The van der Waals surface area contributed by atoms with Crippen LogP contribution in [0.5, 0.6) is 5.75 Å². The summed E-state index contributed by atoms with van der Waals surface area (Å²) in [5.74, 6) is -0.238. The highest BCUT2D eigenvalue weighted by atomic mass is 32.2. The largest absolute Gasteiger partial charge is 0.494 e. The van der Waals surface area contributed by atoms with E-state index in [1.54, 1.807) is 54.9 Å². The number of carbonyl (C=O) groups is 3. The average molecular weight is 383 g/mol. The smallest absolute Gasteiger partial charge is 0.294 e. The zero-order chi connectivity index (χ0) is 19.2. The number of ether oxygens (including phenoxy) is 1. The van der Waals surface area contributed by atoms with Crippen LogP contribution in [0.1, 0.15) is 12.5 Å². The van der Waals surface area contributed by atoms with E-state index < -0.39 is 17.1 Å². The van der Waals surface area contributed by atoms with Gasteiger partial charge in [-0.05, 0) is 66.7 Å². The summed E-state index contributed by atoms with van der Waals surface area (Å²) in [4.78, 5) is 41.9. The van der Waals surface area contributed by atoms with Crippen LogP contribution in [0.3, 0.4) is 0 Å². The maximum Gasteiger partial charge on any atom is 0.294 e. The molecule has 1 aliphatic rings. The molecule has 2 heterocycles. The Kier molecular flexibility index (Phi) is 5.87. The second kappa shape index (κ2) is 8.50. The number of nitrogens with zero attached hydrogens (tertiary/aromatic N) is 2. The third-order valence-electron chi connectivity index (χ3n) is 3.63. The number of rotatable bonds is 6. The number of thioether (sulfide) groups is 1. The Bertz CT molecular complexity index is 882. The number of imide groups is 1. The van der Waals surface area contributed by atoms with Gasteiger partial charge in [-0.3, -0.25) is 24.3 Å². The minimum absolute atomic E-state index is 0.278. The predicted octanol–water partition coefficient (Wildman–Crippen LogP) is 3.16. The van der Waals surface area contributed by atoms with E-state index in [-0.39, 0.29) is 11.4 Å². The summed E-state index contributed by atoms with van der Waals surface area (Å²) in [7, 11) is 0. The molecule has 7 nitrogen and oxygen atoms in total. The first-order chi connectivity index (χ1) is 13.1. The van der Waals surface area contributed by atoms with Gasteiger partial charge in [-0.25, -0.2) is 0 Å². The molecule has 1 saturated heterocycles. The second-order valence-corrected chi connectivity index (χ2v) is 6.55. The van der Waals surface area contributed by atoms with Crippen LogP contribution in [0, 0.1) is 0 Å². The molecule has 0 spiro atoms. The molecule has 8 heteroatoms. The van der Waals surface area contributed by atoms with Gasteiger partial charge in [0.05, 0.1) is 11.5 Å². The van der Waals surface area contributed by atoms with Crippen molar-refractivity contribution < 1.29 is 19.1 Å². The van der Waals surface area contributed by atoms with Gasteiger partial charge in [-0.1, -0.05) is 0 Å². The number of pyridine rings is 1. The van der Waals surface area contributed by atoms with Crippen molar-refractivity contribution >= 4 is 40.6 Å². The van der Waals surface area contributed by atoms with Crippen molar-refractivity contribution in [3.63, 3.8) is 0 Å². The summed E-state index contributed by atoms with van der Waals surface area (Å²) in [6.45, 7) is 2.10. The highest BCUT2D eigenvalue weighted by Crippen LogP contribution is 2.32. The number of carbonyl (C=O) groups excluding carboxylic acids is 3. The molecule has 138 valence electrons. The van der Waals surface area contributed by atoms with Crippen LogP contribution in [-0.2, 0) is 9.59 Å². The van der Waals surface area contributed by atoms with Crippen LogP contribution >= 0.6 is 11.8 Å². The van der Waals surface area contributed by atoms with E-state index in [2.05, 4.69) is 10.3 Å². The van der Waals surface area contributed by atoms with E-state index >= 15 is 0 Å². The average Bonchev–Trinajstić information content (AvgIpc) is 2.92. The summed E-state index contributed by atoms with van der Waals surface area (Å²) in [6.07, 6.45) is 4.80. The first kappa shape index (κ1) is 18.7. The molecule has 0 aliphatic carbocycles. The van der Waals surface area contributed by atoms with Crippen LogP contribution < -0.4 is 10.1 Å². The van der Waals surface area contributed by atoms with Crippen molar-refractivity contribution in [2.75, 3.05) is 18.5 Å². The molecule has 2 aromatic rings. The molecule has 1 N–H and O–H groups in total. The molecule has 1 aromatic carbocycles. The van der Waals surface area contributed by atoms with Crippen LogP contribution in [0.2, 0.25) is 0 Å². The Morgan fingerprint density at radius 3 is 2.56 bits per heavy atom. The van der Waals surface area contributed by atoms with Crippen LogP contribution in [0.15, 0.2) is 53.7 Å². The zero-order valence-electron chi connectivity index (χ0n) is 14.5. The number of amides is 3. The fraction of sp³-hybridized carbons (Fsp3) is 0.158. The molecule has 1 aliphatic heterocycles. The fourth-order valence-corrected chi connectivity index (χ4v) is 3.23. The van der Waals surface area contributed by atoms with E-state index in [9.17, 15) is 14.4 Å². The topological polar surface area (TPSA) is 88.6 Å². The molecule has 0 saturated carbocycles. The Hall–Kier alpha value is -3.13. The fourth-order valence-electron chi connectivity index (χ4n) is 2.39. The van der Waals surface area contributed by atoms with Crippen molar-refractivity contribution in [2.45, 2.75) is 6.92 Å². The molecule has 27 heavy (non-hydrogen) atoms. The summed E-state index contributed by atoms with van der Waals surface area (Å²) < 4.78 is 5.34. The first-order valence-corrected chi connectivity index (χ1v) is 9.06. The molecular weight excluding hydrogens is 366 g/mol. The minimum Gasteiger partial charge on any atom is -0.494 e. The van der Waals surface area contributed by atoms with Crippen molar-refractivity contribution in [2.24, 2.45) is 0 Å². The van der Waals surface area contributed by atoms with E-state index in [0.717, 1.165) is 22.2 Å². The van der Waals surface area contributed by atoms with Gasteiger partial charge in [-0.15, -0.1) is 0 Å². The number of hydrogen-bond donors (Lipinski definition) is 1. The van der Waals surface area contributed by atoms with E-state index in [1.807, 2.05) is 6.92 Å². The molecular formula is C19H17N3O4S. The first-order valence-electron chi connectivity index (χ1n) is 8.25. The van der Waals surface area contributed by atoms with E-state index in [0.29, 0.717) is 18.0 Å². The lowest BCUT2D eigenvalue weighted by Gasteiger charge is -2.12. The Morgan fingerprint density at radius 1 is 1.19 bits per heavy atom. The van der Waals surface area contributed by atoms with Gasteiger partial charge in [0.25, 0.3) is 11.1 Å². The maximum atomic E-state index is 12.4. The van der Waals surface area contributed by atoms with Crippen LogP contribution in [0.25, 0.3) is 6.08 Å². The van der Waals surface area contributed by atoms with Gasteiger partial charge >= 0.3 is 0 Å². The lowest BCUT2D eigenvalue weighted by Crippen LogP contribution is -2.36. The summed E-state index contributed by atoms with van der Waals surface area (Å²) >= 11 is 0.814. The third kappa shape index (κ3) is 4.73. The molecule has 3 amide bonds. The molecule has 1 fully saturated rings. The van der Waals surface area contributed by atoms with Crippen LogP contribution in [-0.4, -0.2) is 40.1 Å². The second-order valence-electron chi connectivity index (χ2n) is 5.55. The van der Waals surface area contributed by atoms with Crippen molar-refractivity contribution in [1.29, 1.82) is 0 Å². The maximum absolute atomic E-state index is 12.4. The minimum atomic E-state index is -0.483. The standard InChI is InChI=1S/C19H17N3O4S/c1-2-26-15-5-3-14(4-6-15)21-17(23)12-22-18(24)16(27-19(22)25)11-13-7-9-20-10-8-13/h3-11H,2,12H2,1H3,(H,21,23)/b16-11+. The molecule has 0 atom stereocenters. The monoisotopic (exact) mass is 383 g/mol. The lowest BCUT2D eigenvalue weighted by atomic mass is 10.2. The Balaban J connectivity index is 1.63. The number of anilines is 1. The summed E-state index contributed by atoms with van der Waals surface area (Å²) in [6, 6.07) is 10.3. The van der Waals surface area contributed by atoms with Gasteiger partial charge in [0, 0.05) is 18.1 Å². The van der Waals surface area contributed by atoms with Crippen molar-refractivity contribution in [3.05, 3.63) is 59.3 Å². The van der Waals surface area contributed by atoms with E-state index in [1.165, 1.54) is 0 Å². The summed E-state index contributed by atoms with van der Waals surface area (Å²) in [5, 5.41) is 2.20. The normalized spacial score (nSPS) is 15.3. The number of aromatic nitrogens is 1.